The van der Waals surface area contributed by atoms with Crippen LogP contribution in [0.25, 0.3) is 0 Å². The summed E-state index contributed by atoms with van der Waals surface area (Å²) in [5.74, 6) is -1.16. The van der Waals surface area contributed by atoms with Crippen molar-refractivity contribution >= 4 is 11.8 Å². The van der Waals surface area contributed by atoms with Gasteiger partial charge in [0.1, 0.15) is 0 Å². The van der Waals surface area contributed by atoms with E-state index in [1.165, 1.54) is 6.07 Å². The standard InChI is InChI=1S/C7H5NO6/c9-4-2-1-3-5(14-7(10)11)6(4)8(12)13/h1-3,9H,(H,10,11). The quantitative estimate of drug-likeness (QED) is 0.322. The molecule has 74 valence electrons. The molecular weight excluding hydrogens is 194 g/mol. The maximum absolute atomic E-state index is 10.4. The first-order valence-corrected chi connectivity index (χ1v) is 3.39. The Morgan fingerprint density at radius 1 is 1.50 bits per heavy atom. The van der Waals surface area contributed by atoms with Crippen molar-refractivity contribution in [2.24, 2.45) is 0 Å². The number of aromatic hydroxyl groups is 1. The van der Waals surface area contributed by atoms with Crippen LogP contribution in [0.4, 0.5) is 10.5 Å². The molecular formula is C7H5NO6. The third kappa shape index (κ3) is 1.89. The van der Waals surface area contributed by atoms with E-state index in [1.54, 1.807) is 0 Å². The lowest BCUT2D eigenvalue weighted by molar-refractivity contribution is -0.386. The third-order valence-electron chi connectivity index (χ3n) is 1.36. The minimum absolute atomic E-state index is 0.512. The summed E-state index contributed by atoms with van der Waals surface area (Å²) in [7, 11) is 0. The van der Waals surface area contributed by atoms with Crippen molar-refractivity contribution < 1.29 is 24.7 Å². The number of ether oxygens (including phenoxy) is 1. The van der Waals surface area contributed by atoms with Gasteiger partial charge < -0.3 is 14.9 Å². The zero-order valence-corrected chi connectivity index (χ0v) is 6.71. The van der Waals surface area contributed by atoms with Crippen LogP contribution in [-0.2, 0) is 0 Å². The van der Waals surface area contributed by atoms with Gasteiger partial charge >= 0.3 is 11.8 Å². The van der Waals surface area contributed by atoms with Crippen molar-refractivity contribution in [2.75, 3.05) is 0 Å². The molecule has 0 fully saturated rings. The van der Waals surface area contributed by atoms with E-state index in [-0.39, 0.29) is 0 Å². The first-order chi connectivity index (χ1) is 6.52. The van der Waals surface area contributed by atoms with Gasteiger partial charge in [-0.25, -0.2) is 4.79 Å². The summed E-state index contributed by atoms with van der Waals surface area (Å²) in [5.41, 5.74) is -0.769. The van der Waals surface area contributed by atoms with E-state index >= 15 is 0 Å². The van der Waals surface area contributed by atoms with Gasteiger partial charge in [0, 0.05) is 0 Å². The Hall–Kier alpha value is -2.31. The lowest BCUT2D eigenvalue weighted by Gasteiger charge is -2.01. The molecule has 0 atom stereocenters. The summed E-state index contributed by atoms with van der Waals surface area (Å²) in [4.78, 5) is 19.6. The Balaban J connectivity index is 3.21. The molecule has 1 aromatic carbocycles. The number of rotatable bonds is 2. The Bertz CT molecular complexity index is 388. The molecule has 2 N–H and O–H groups in total. The fourth-order valence-corrected chi connectivity index (χ4v) is 0.871. The number of hydrogen-bond donors (Lipinski definition) is 2. The predicted molar refractivity (Wildman–Crippen MR) is 43.4 cm³/mol. The number of para-hydroxylation sites is 1. The number of phenolic OH excluding ortho intramolecular Hbond substituents is 1. The first-order valence-electron chi connectivity index (χ1n) is 3.39. The zero-order valence-electron chi connectivity index (χ0n) is 6.71. The number of nitro benzene ring substituents is 1. The van der Waals surface area contributed by atoms with Crippen molar-refractivity contribution in [3.63, 3.8) is 0 Å². The lowest BCUT2D eigenvalue weighted by atomic mass is 10.3. The molecule has 7 heteroatoms. The molecule has 0 bridgehead atoms. The van der Waals surface area contributed by atoms with Crippen LogP contribution in [0.15, 0.2) is 18.2 Å². The average Bonchev–Trinajstić information content (AvgIpc) is 2.01. The molecule has 14 heavy (non-hydrogen) atoms. The highest BCUT2D eigenvalue weighted by atomic mass is 16.7. The number of nitro groups is 1. The molecule has 0 aromatic heterocycles. The number of phenols is 1. The van der Waals surface area contributed by atoms with E-state index in [1.807, 2.05) is 0 Å². The Kier molecular flexibility index (Phi) is 2.52. The highest BCUT2D eigenvalue weighted by molar-refractivity contribution is 5.66. The zero-order chi connectivity index (χ0) is 10.7. The fraction of sp³-hybridized carbons (Fsp3) is 0. The predicted octanol–water partition coefficient (Wildman–Crippen LogP) is 1.36. The Labute approximate surface area is 77.3 Å². The van der Waals surface area contributed by atoms with Gasteiger partial charge in [0.05, 0.1) is 4.92 Å². The van der Waals surface area contributed by atoms with E-state index in [4.69, 9.17) is 10.2 Å². The molecule has 1 rings (SSSR count). The van der Waals surface area contributed by atoms with Crippen LogP contribution in [0.3, 0.4) is 0 Å². The summed E-state index contributed by atoms with van der Waals surface area (Å²) in [6.45, 7) is 0. The van der Waals surface area contributed by atoms with Gasteiger partial charge in [-0.2, -0.15) is 0 Å². The minimum Gasteiger partial charge on any atom is -0.502 e. The van der Waals surface area contributed by atoms with Crippen LogP contribution in [0.1, 0.15) is 0 Å². The normalized spacial score (nSPS) is 9.43. The molecule has 1 aromatic rings. The van der Waals surface area contributed by atoms with Crippen LogP contribution in [0.5, 0.6) is 11.5 Å². The molecule has 0 spiro atoms. The van der Waals surface area contributed by atoms with Crippen LogP contribution in [0, 0.1) is 10.1 Å². The van der Waals surface area contributed by atoms with Crippen molar-refractivity contribution in [3.8, 4) is 11.5 Å². The number of benzene rings is 1. The smallest absolute Gasteiger partial charge is 0.502 e. The van der Waals surface area contributed by atoms with Gasteiger partial charge in [-0.05, 0) is 12.1 Å². The fourth-order valence-electron chi connectivity index (χ4n) is 0.871. The number of nitrogens with zero attached hydrogens (tertiary/aromatic N) is 1. The second-order valence-corrected chi connectivity index (χ2v) is 2.25. The van der Waals surface area contributed by atoms with E-state index in [2.05, 4.69) is 4.74 Å². The monoisotopic (exact) mass is 199 g/mol. The van der Waals surface area contributed by atoms with Gasteiger partial charge in [-0.3, -0.25) is 10.1 Å². The van der Waals surface area contributed by atoms with E-state index in [9.17, 15) is 14.9 Å². The van der Waals surface area contributed by atoms with Crippen molar-refractivity contribution in [2.45, 2.75) is 0 Å². The molecule has 0 radical (unpaired) electrons. The van der Waals surface area contributed by atoms with E-state index in [0.717, 1.165) is 12.1 Å². The molecule has 7 nitrogen and oxygen atoms in total. The van der Waals surface area contributed by atoms with Crippen molar-refractivity contribution in [1.82, 2.24) is 0 Å². The summed E-state index contributed by atoms with van der Waals surface area (Å²) in [6.07, 6.45) is -1.68. The lowest BCUT2D eigenvalue weighted by Crippen LogP contribution is -2.05. The maximum Gasteiger partial charge on any atom is 0.511 e. The van der Waals surface area contributed by atoms with Crippen LogP contribution >= 0.6 is 0 Å². The Morgan fingerprint density at radius 2 is 2.14 bits per heavy atom. The third-order valence-corrected chi connectivity index (χ3v) is 1.36. The van der Waals surface area contributed by atoms with E-state index < -0.39 is 28.3 Å². The van der Waals surface area contributed by atoms with E-state index in [0.29, 0.717) is 0 Å². The SMILES string of the molecule is O=C(O)Oc1cccc(O)c1[N+](=O)[O-]. The number of hydrogen-bond acceptors (Lipinski definition) is 5. The second kappa shape index (κ2) is 3.60. The number of carbonyl (C=O) groups is 1. The second-order valence-electron chi connectivity index (χ2n) is 2.25. The molecule has 0 aliphatic heterocycles. The summed E-state index contributed by atoms with van der Waals surface area (Å²) in [5, 5.41) is 27.7. The van der Waals surface area contributed by atoms with Gasteiger partial charge in [-0.1, -0.05) is 6.07 Å². The molecule has 0 unspecified atom stereocenters. The summed E-state index contributed by atoms with van der Waals surface area (Å²) in [6, 6.07) is 3.37. The highest BCUT2D eigenvalue weighted by Crippen LogP contribution is 2.35. The molecule has 0 saturated carbocycles. The largest absolute Gasteiger partial charge is 0.511 e. The maximum atomic E-state index is 10.4. The molecule has 0 aliphatic rings. The molecule has 0 heterocycles. The molecule has 0 amide bonds. The van der Waals surface area contributed by atoms with Gasteiger partial charge in [0.15, 0.2) is 5.75 Å². The van der Waals surface area contributed by atoms with Gasteiger partial charge in [0.2, 0.25) is 5.75 Å². The topological polar surface area (TPSA) is 110 Å². The number of carboxylic acid groups (broad SMARTS) is 1. The van der Waals surface area contributed by atoms with Crippen LogP contribution < -0.4 is 4.74 Å². The summed E-state index contributed by atoms with van der Waals surface area (Å²) >= 11 is 0. The van der Waals surface area contributed by atoms with Gasteiger partial charge in [0.25, 0.3) is 0 Å². The molecule has 0 aliphatic carbocycles. The van der Waals surface area contributed by atoms with Gasteiger partial charge in [-0.15, -0.1) is 0 Å². The highest BCUT2D eigenvalue weighted by Gasteiger charge is 2.22. The molecule has 0 saturated heterocycles. The van der Waals surface area contributed by atoms with Crippen molar-refractivity contribution in [1.29, 1.82) is 0 Å². The first kappa shape index (κ1) is 9.78. The van der Waals surface area contributed by atoms with Crippen LogP contribution in [0.2, 0.25) is 0 Å². The average molecular weight is 199 g/mol. The summed E-state index contributed by atoms with van der Waals surface area (Å²) < 4.78 is 4.10. The van der Waals surface area contributed by atoms with Crippen LogP contribution in [-0.4, -0.2) is 21.3 Å². The minimum atomic E-state index is -1.68. The Morgan fingerprint density at radius 3 is 2.64 bits per heavy atom. The van der Waals surface area contributed by atoms with Crippen molar-refractivity contribution in [3.05, 3.63) is 28.3 Å².